The number of para-hydroxylation sites is 1. The third-order valence-electron chi connectivity index (χ3n) is 4.06. The van der Waals surface area contributed by atoms with E-state index in [0.717, 1.165) is 37.2 Å². The molecule has 1 atom stereocenters. The molecule has 0 radical (unpaired) electrons. The minimum absolute atomic E-state index is 0.0924. The predicted octanol–water partition coefficient (Wildman–Crippen LogP) is 2.67. The first kappa shape index (κ1) is 17.3. The molecule has 0 bridgehead atoms. The summed E-state index contributed by atoms with van der Waals surface area (Å²) in [5.41, 5.74) is 0.856. The molecule has 1 aromatic rings. The smallest absolute Gasteiger partial charge is 0.224 e. The van der Waals surface area contributed by atoms with Crippen LogP contribution in [0.1, 0.15) is 51.1 Å². The number of nitrogens with zero attached hydrogens (tertiary/aromatic N) is 1. The Labute approximate surface area is 138 Å². The van der Waals surface area contributed by atoms with Crippen LogP contribution in [-0.2, 0) is 9.59 Å². The molecule has 2 rings (SSSR count). The molecular formula is C18H26N2O3. The zero-order chi connectivity index (χ0) is 16.7. The number of carbonyl (C=O) groups excluding carboxylic acids is 2. The van der Waals surface area contributed by atoms with Crippen molar-refractivity contribution in [2.75, 3.05) is 19.7 Å². The third kappa shape index (κ3) is 4.98. The quantitative estimate of drug-likeness (QED) is 0.877. The maximum atomic E-state index is 12.6. The standard InChI is InChI=1S/C18H26N2O3/c1-3-23-17-10-6-5-9-15(17)16(19-14(2)21)13-18(22)20-11-7-4-8-12-20/h5-6,9-10,16H,3-4,7-8,11-13H2,1-2H3,(H,19,21)/t16-/m0/s1. The van der Waals surface area contributed by atoms with Crippen molar-refractivity contribution in [1.82, 2.24) is 10.2 Å². The second-order valence-corrected chi connectivity index (χ2v) is 5.87. The lowest BCUT2D eigenvalue weighted by atomic mass is 10.0. The number of carbonyl (C=O) groups is 2. The Morgan fingerprint density at radius 2 is 1.91 bits per heavy atom. The average Bonchev–Trinajstić information content (AvgIpc) is 2.55. The van der Waals surface area contributed by atoms with E-state index >= 15 is 0 Å². The second kappa shape index (κ2) is 8.56. The van der Waals surface area contributed by atoms with E-state index in [-0.39, 0.29) is 24.3 Å². The molecule has 5 nitrogen and oxygen atoms in total. The number of ether oxygens (including phenoxy) is 1. The van der Waals surface area contributed by atoms with E-state index in [9.17, 15) is 9.59 Å². The second-order valence-electron chi connectivity index (χ2n) is 5.87. The van der Waals surface area contributed by atoms with Crippen molar-refractivity contribution in [3.63, 3.8) is 0 Å². The lowest BCUT2D eigenvalue weighted by Crippen LogP contribution is -2.38. The molecular weight excluding hydrogens is 292 g/mol. The average molecular weight is 318 g/mol. The highest BCUT2D eigenvalue weighted by Gasteiger charge is 2.24. The van der Waals surface area contributed by atoms with Crippen LogP contribution < -0.4 is 10.1 Å². The summed E-state index contributed by atoms with van der Waals surface area (Å²) in [5, 5.41) is 2.90. The SMILES string of the molecule is CCOc1ccccc1[C@H](CC(=O)N1CCCCC1)NC(C)=O. The van der Waals surface area contributed by atoms with E-state index < -0.39 is 0 Å². The summed E-state index contributed by atoms with van der Waals surface area (Å²) >= 11 is 0. The zero-order valence-corrected chi connectivity index (χ0v) is 14.0. The number of rotatable bonds is 6. The van der Waals surface area contributed by atoms with Crippen LogP contribution in [0.15, 0.2) is 24.3 Å². The Bertz CT molecular complexity index is 539. The van der Waals surface area contributed by atoms with Gasteiger partial charge in [-0.3, -0.25) is 9.59 Å². The lowest BCUT2D eigenvalue weighted by Gasteiger charge is -2.29. The molecule has 0 spiro atoms. The van der Waals surface area contributed by atoms with E-state index in [1.165, 1.54) is 13.3 Å². The maximum Gasteiger partial charge on any atom is 0.224 e. The molecule has 0 aromatic heterocycles. The summed E-state index contributed by atoms with van der Waals surface area (Å²) in [7, 11) is 0. The molecule has 1 aromatic carbocycles. The van der Waals surface area contributed by atoms with Gasteiger partial charge in [0.2, 0.25) is 11.8 Å². The molecule has 1 aliphatic heterocycles. The maximum absolute atomic E-state index is 12.6. The van der Waals surface area contributed by atoms with Crippen LogP contribution >= 0.6 is 0 Å². The van der Waals surface area contributed by atoms with Crippen LogP contribution in [0.3, 0.4) is 0 Å². The van der Waals surface area contributed by atoms with Crippen LogP contribution in [0.4, 0.5) is 0 Å². The largest absolute Gasteiger partial charge is 0.494 e. The van der Waals surface area contributed by atoms with Gasteiger partial charge in [0.25, 0.3) is 0 Å². The summed E-state index contributed by atoms with van der Waals surface area (Å²) in [6.07, 6.45) is 3.58. The number of likely N-dealkylation sites (tertiary alicyclic amines) is 1. The van der Waals surface area contributed by atoms with E-state index in [0.29, 0.717) is 6.61 Å². The van der Waals surface area contributed by atoms with Gasteiger partial charge in [0.15, 0.2) is 0 Å². The summed E-state index contributed by atoms with van der Waals surface area (Å²) < 4.78 is 5.65. The minimum atomic E-state index is -0.357. The number of amides is 2. The van der Waals surface area contributed by atoms with Crippen molar-refractivity contribution >= 4 is 11.8 Å². The van der Waals surface area contributed by atoms with Crippen LogP contribution in [0.5, 0.6) is 5.75 Å². The molecule has 1 aliphatic rings. The summed E-state index contributed by atoms with van der Waals surface area (Å²) in [6, 6.07) is 7.22. The fourth-order valence-corrected chi connectivity index (χ4v) is 2.99. The number of benzene rings is 1. The fourth-order valence-electron chi connectivity index (χ4n) is 2.99. The first-order chi connectivity index (χ1) is 11.1. The van der Waals surface area contributed by atoms with Gasteiger partial charge in [-0.05, 0) is 32.3 Å². The topological polar surface area (TPSA) is 58.6 Å². The summed E-state index contributed by atoms with van der Waals surface area (Å²) in [4.78, 5) is 26.0. The lowest BCUT2D eigenvalue weighted by molar-refractivity contribution is -0.132. The third-order valence-corrected chi connectivity index (χ3v) is 4.06. The first-order valence-electron chi connectivity index (χ1n) is 8.38. The van der Waals surface area contributed by atoms with Gasteiger partial charge in [-0.2, -0.15) is 0 Å². The molecule has 1 fully saturated rings. The van der Waals surface area contributed by atoms with Crippen molar-refractivity contribution in [2.24, 2.45) is 0 Å². The molecule has 1 N–H and O–H groups in total. The highest BCUT2D eigenvalue weighted by molar-refractivity contribution is 5.79. The molecule has 0 aliphatic carbocycles. The normalized spacial score (nSPS) is 15.8. The Kier molecular flexibility index (Phi) is 6.44. The zero-order valence-electron chi connectivity index (χ0n) is 14.0. The number of piperidine rings is 1. The number of nitrogens with one attached hydrogen (secondary N) is 1. The van der Waals surface area contributed by atoms with Gasteiger partial charge in [-0.1, -0.05) is 18.2 Å². The molecule has 0 saturated carbocycles. The van der Waals surface area contributed by atoms with Crippen molar-refractivity contribution < 1.29 is 14.3 Å². The van der Waals surface area contributed by atoms with Gasteiger partial charge < -0.3 is 15.0 Å². The molecule has 1 saturated heterocycles. The number of hydrogen-bond acceptors (Lipinski definition) is 3. The summed E-state index contributed by atoms with van der Waals surface area (Å²) in [6.45, 7) is 5.58. The predicted molar refractivity (Wildman–Crippen MR) is 89.2 cm³/mol. The monoisotopic (exact) mass is 318 g/mol. The molecule has 0 unspecified atom stereocenters. The minimum Gasteiger partial charge on any atom is -0.494 e. The van der Waals surface area contributed by atoms with Gasteiger partial charge in [-0.15, -0.1) is 0 Å². The fraction of sp³-hybridized carbons (Fsp3) is 0.556. The van der Waals surface area contributed by atoms with E-state index in [2.05, 4.69) is 5.32 Å². The molecule has 2 amide bonds. The van der Waals surface area contributed by atoms with Crippen LogP contribution in [-0.4, -0.2) is 36.4 Å². The van der Waals surface area contributed by atoms with Crippen molar-refractivity contribution in [3.8, 4) is 5.75 Å². The molecule has 5 heteroatoms. The van der Waals surface area contributed by atoms with Gasteiger partial charge in [-0.25, -0.2) is 0 Å². The Morgan fingerprint density at radius 3 is 2.57 bits per heavy atom. The van der Waals surface area contributed by atoms with Crippen molar-refractivity contribution in [1.29, 1.82) is 0 Å². The van der Waals surface area contributed by atoms with E-state index in [1.54, 1.807) is 0 Å². The molecule has 23 heavy (non-hydrogen) atoms. The summed E-state index contributed by atoms with van der Waals surface area (Å²) in [5.74, 6) is 0.669. The molecule has 126 valence electrons. The number of hydrogen-bond donors (Lipinski definition) is 1. The Hall–Kier alpha value is -2.04. The van der Waals surface area contributed by atoms with E-state index in [4.69, 9.17) is 4.74 Å². The Morgan fingerprint density at radius 1 is 1.22 bits per heavy atom. The van der Waals surface area contributed by atoms with Gasteiger partial charge in [0.1, 0.15) is 5.75 Å². The van der Waals surface area contributed by atoms with Crippen molar-refractivity contribution in [3.05, 3.63) is 29.8 Å². The first-order valence-corrected chi connectivity index (χ1v) is 8.38. The van der Waals surface area contributed by atoms with Crippen molar-refractivity contribution in [2.45, 2.75) is 45.6 Å². The van der Waals surface area contributed by atoms with E-state index in [1.807, 2.05) is 36.1 Å². The Balaban J connectivity index is 2.16. The highest BCUT2D eigenvalue weighted by Crippen LogP contribution is 2.28. The van der Waals surface area contributed by atoms with Gasteiger partial charge in [0, 0.05) is 25.6 Å². The van der Waals surface area contributed by atoms with Gasteiger partial charge in [0.05, 0.1) is 19.1 Å². The van der Waals surface area contributed by atoms with Crippen LogP contribution in [0.25, 0.3) is 0 Å². The van der Waals surface area contributed by atoms with Crippen LogP contribution in [0, 0.1) is 0 Å². The molecule has 1 heterocycles. The van der Waals surface area contributed by atoms with Gasteiger partial charge >= 0.3 is 0 Å². The highest BCUT2D eigenvalue weighted by atomic mass is 16.5. The van der Waals surface area contributed by atoms with Crippen LogP contribution in [0.2, 0.25) is 0 Å².